The third-order valence-corrected chi connectivity index (χ3v) is 4.07. The second-order valence-electron chi connectivity index (χ2n) is 5.83. The Balaban J connectivity index is 0.000000181. The zero-order valence-corrected chi connectivity index (χ0v) is 11.5. The largest absolute Gasteiger partial charge is 0.393 e. The molecule has 0 atom stereocenters. The van der Waals surface area contributed by atoms with Gasteiger partial charge in [0, 0.05) is 0 Å². The molecule has 0 aromatic carbocycles. The quantitative estimate of drug-likeness (QED) is 0.773. The van der Waals surface area contributed by atoms with E-state index in [4.69, 9.17) is 5.11 Å². The maximum Gasteiger partial charge on any atom is 0.0647 e. The topological polar surface area (TPSA) is 40.5 Å². The molecule has 2 nitrogen and oxygen atoms in total. The van der Waals surface area contributed by atoms with Crippen molar-refractivity contribution in [1.29, 1.82) is 0 Å². The van der Waals surface area contributed by atoms with E-state index in [0.29, 0.717) is 0 Å². The molecule has 17 heavy (non-hydrogen) atoms. The van der Waals surface area contributed by atoms with E-state index in [0.717, 1.165) is 38.5 Å². The smallest absolute Gasteiger partial charge is 0.0647 e. The molecular weight excluding hydrogens is 212 g/mol. The molecule has 0 aromatic heterocycles. The van der Waals surface area contributed by atoms with Gasteiger partial charge in [0.1, 0.15) is 0 Å². The Kier molecular flexibility index (Phi) is 7.14. The monoisotopic (exact) mass is 242 g/mol. The van der Waals surface area contributed by atoms with Crippen molar-refractivity contribution >= 4 is 0 Å². The lowest BCUT2D eigenvalue weighted by Crippen LogP contribution is -2.30. The molecule has 102 valence electrons. The SMILES string of the molecule is CCCC1(O)CCCCC1.OC1CCCCC1. The van der Waals surface area contributed by atoms with Crippen LogP contribution in [0.3, 0.4) is 0 Å². The van der Waals surface area contributed by atoms with E-state index in [1.54, 1.807) is 0 Å². The van der Waals surface area contributed by atoms with Gasteiger partial charge in [-0.25, -0.2) is 0 Å². The van der Waals surface area contributed by atoms with Crippen LogP contribution in [0.1, 0.15) is 84.0 Å². The summed E-state index contributed by atoms with van der Waals surface area (Å²) in [5.74, 6) is 0. The zero-order valence-electron chi connectivity index (χ0n) is 11.5. The standard InChI is InChI=1S/C9H18O.C6H12O/c1-2-6-9(10)7-4-3-5-8-9;7-6-4-2-1-3-5-6/h10H,2-8H2,1H3;6-7H,1-5H2. The molecule has 0 aliphatic heterocycles. The molecular formula is C15H30O2. The molecule has 2 aliphatic rings. The van der Waals surface area contributed by atoms with Crippen LogP contribution in [0.25, 0.3) is 0 Å². The number of hydrogen-bond acceptors (Lipinski definition) is 2. The zero-order chi connectivity index (χ0) is 12.6. The highest BCUT2D eigenvalue weighted by Crippen LogP contribution is 2.31. The summed E-state index contributed by atoms with van der Waals surface area (Å²) in [5, 5.41) is 18.8. The van der Waals surface area contributed by atoms with Crippen molar-refractivity contribution in [2.24, 2.45) is 0 Å². The molecule has 0 radical (unpaired) electrons. The van der Waals surface area contributed by atoms with E-state index in [-0.39, 0.29) is 11.7 Å². The number of hydrogen-bond donors (Lipinski definition) is 2. The highest BCUT2D eigenvalue weighted by molar-refractivity contribution is 4.81. The van der Waals surface area contributed by atoms with Gasteiger partial charge in [-0.1, -0.05) is 51.9 Å². The Bertz CT molecular complexity index is 174. The first kappa shape index (κ1) is 15.0. The maximum absolute atomic E-state index is 9.87. The van der Waals surface area contributed by atoms with Gasteiger partial charge in [-0.3, -0.25) is 0 Å². The first-order chi connectivity index (χ1) is 8.16. The Labute approximate surface area is 106 Å². The van der Waals surface area contributed by atoms with Crippen molar-refractivity contribution in [3.8, 4) is 0 Å². The molecule has 2 aliphatic carbocycles. The fourth-order valence-electron chi connectivity index (χ4n) is 3.01. The Morgan fingerprint density at radius 3 is 1.88 bits per heavy atom. The Morgan fingerprint density at radius 1 is 0.941 bits per heavy atom. The van der Waals surface area contributed by atoms with Gasteiger partial charge >= 0.3 is 0 Å². The second-order valence-corrected chi connectivity index (χ2v) is 5.83. The van der Waals surface area contributed by atoms with Crippen LogP contribution in [0.4, 0.5) is 0 Å². The van der Waals surface area contributed by atoms with Gasteiger partial charge in [0.2, 0.25) is 0 Å². The fraction of sp³-hybridized carbons (Fsp3) is 1.00. The highest BCUT2D eigenvalue weighted by Gasteiger charge is 2.27. The molecule has 0 unspecified atom stereocenters. The minimum absolute atomic E-state index is 0.0359. The highest BCUT2D eigenvalue weighted by atomic mass is 16.3. The molecule has 0 heterocycles. The number of aliphatic hydroxyl groups excluding tert-OH is 1. The van der Waals surface area contributed by atoms with Gasteiger partial charge < -0.3 is 10.2 Å². The Hall–Kier alpha value is -0.0800. The predicted molar refractivity (Wildman–Crippen MR) is 72.0 cm³/mol. The van der Waals surface area contributed by atoms with Crippen LogP contribution < -0.4 is 0 Å². The lowest BCUT2D eigenvalue weighted by atomic mass is 9.82. The van der Waals surface area contributed by atoms with E-state index in [1.807, 2.05) is 0 Å². The second kappa shape index (κ2) is 8.10. The summed E-state index contributed by atoms with van der Waals surface area (Å²) in [4.78, 5) is 0. The van der Waals surface area contributed by atoms with Crippen molar-refractivity contribution in [2.45, 2.75) is 95.7 Å². The summed E-state index contributed by atoms with van der Waals surface area (Å²) in [7, 11) is 0. The van der Waals surface area contributed by atoms with Gasteiger partial charge in [0.25, 0.3) is 0 Å². The van der Waals surface area contributed by atoms with E-state index in [9.17, 15) is 5.11 Å². The summed E-state index contributed by atoms with van der Waals surface area (Å²) in [6, 6.07) is 0. The molecule has 0 spiro atoms. The normalized spacial score (nSPS) is 24.9. The van der Waals surface area contributed by atoms with Crippen LogP contribution in [-0.4, -0.2) is 21.9 Å². The summed E-state index contributed by atoms with van der Waals surface area (Å²) >= 11 is 0. The van der Waals surface area contributed by atoms with Gasteiger partial charge in [0.05, 0.1) is 11.7 Å². The van der Waals surface area contributed by atoms with Gasteiger partial charge in [-0.15, -0.1) is 0 Å². The molecule has 2 N–H and O–H groups in total. The van der Waals surface area contributed by atoms with E-state index in [2.05, 4.69) is 6.92 Å². The van der Waals surface area contributed by atoms with Crippen molar-refractivity contribution in [3.05, 3.63) is 0 Å². The van der Waals surface area contributed by atoms with Crippen molar-refractivity contribution in [3.63, 3.8) is 0 Å². The number of rotatable bonds is 2. The predicted octanol–water partition coefficient (Wildman–Crippen LogP) is 3.79. The molecule has 0 aromatic rings. The lowest BCUT2D eigenvalue weighted by Gasteiger charge is -2.31. The summed E-state index contributed by atoms with van der Waals surface area (Å²) in [6.07, 6.45) is 13.9. The van der Waals surface area contributed by atoms with Crippen LogP contribution in [-0.2, 0) is 0 Å². The van der Waals surface area contributed by atoms with Crippen LogP contribution in [0.15, 0.2) is 0 Å². The molecule has 2 heteroatoms. The van der Waals surface area contributed by atoms with E-state index < -0.39 is 0 Å². The molecule has 0 amide bonds. The van der Waals surface area contributed by atoms with Crippen LogP contribution >= 0.6 is 0 Å². The third-order valence-electron chi connectivity index (χ3n) is 4.07. The average Bonchev–Trinajstić information content (AvgIpc) is 2.31. The van der Waals surface area contributed by atoms with Crippen molar-refractivity contribution in [2.75, 3.05) is 0 Å². The fourth-order valence-corrected chi connectivity index (χ4v) is 3.01. The summed E-state index contributed by atoms with van der Waals surface area (Å²) in [5.41, 5.74) is -0.271. The molecule has 2 rings (SSSR count). The first-order valence-corrected chi connectivity index (χ1v) is 7.57. The maximum atomic E-state index is 9.87. The average molecular weight is 242 g/mol. The van der Waals surface area contributed by atoms with E-state index in [1.165, 1.54) is 38.5 Å². The minimum Gasteiger partial charge on any atom is -0.393 e. The molecule has 0 bridgehead atoms. The van der Waals surface area contributed by atoms with E-state index >= 15 is 0 Å². The number of aliphatic hydroxyl groups is 2. The van der Waals surface area contributed by atoms with Crippen LogP contribution in [0.2, 0.25) is 0 Å². The van der Waals surface area contributed by atoms with Gasteiger partial charge in [-0.05, 0) is 32.1 Å². The van der Waals surface area contributed by atoms with Crippen LogP contribution in [0, 0.1) is 0 Å². The van der Waals surface area contributed by atoms with Gasteiger partial charge in [-0.2, -0.15) is 0 Å². The minimum atomic E-state index is -0.271. The molecule has 0 saturated heterocycles. The molecule has 2 fully saturated rings. The Morgan fingerprint density at radius 2 is 1.47 bits per heavy atom. The summed E-state index contributed by atoms with van der Waals surface area (Å²) < 4.78 is 0. The first-order valence-electron chi connectivity index (χ1n) is 7.57. The van der Waals surface area contributed by atoms with Crippen LogP contribution in [0.5, 0.6) is 0 Å². The van der Waals surface area contributed by atoms with Crippen molar-refractivity contribution < 1.29 is 10.2 Å². The summed E-state index contributed by atoms with van der Waals surface area (Å²) in [6.45, 7) is 2.15. The van der Waals surface area contributed by atoms with Crippen molar-refractivity contribution in [1.82, 2.24) is 0 Å². The molecule has 2 saturated carbocycles. The van der Waals surface area contributed by atoms with Gasteiger partial charge in [0.15, 0.2) is 0 Å². The lowest BCUT2D eigenvalue weighted by molar-refractivity contribution is -0.00427. The third kappa shape index (κ3) is 6.42.